The summed E-state index contributed by atoms with van der Waals surface area (Å²) in [5.74, 6) is 0.0286. The van der Waals surface area contributed by atoms with Gasteiger partial charge in [-0.2, -0.15) is 0 Å². The lowest BCUT2D eigenvalue weighted by Crippen LogP contribution is -2.25. The first-order chi connectivity index (χ1) is 9.66. The molecule has 0 aromatic heterocycles. The second kappa shape index (κ2) is 5.35. The largest absolute Gasteiger partial charge is 0.383 e. The molecule has 2 aromatic carbocycles. The van der Waals surface area contributed by atoms with Gasteiger partial charge in [0.15, 0.2) is 0 Å². The van der Waals surface area contributed by atoms with Gasteiger partial charge in [-0.3, -0.25) is 9.69 Å². The van der Waals surface area contributed by atoms with Crippen LogP contribution in [0, 0.1) is 0 Å². The Morgan fingerprint density at radius 3 is 2.50 bits per heavy atom. The molecule has 0 saturated carbocycles. The zero-order chi connectivity index (χ0) is 14.1. The monoisotopic (exact) mass is 306 g/mol. The third-order valence-corrected chi connectivity index (χ3v) is 3.92. The van der Waals surface area contributed by atoms with E-state index < -0.39 is 0 Å². The van der Waals surface area contributed by atoms with Crippen molar-refractivity contribution in [2.75, 3.05) is 16.8 Å². The zero-order valence-electron chi connectivity index (χ0n) is 10.6. The van der Waals surface area contributed by atoms with Crippen LogP contribution in [0.4, 0.5) is 17.1 Å². The molecule has 20 heavy (non-hydrogen) atoms. The Morgan fingerprint density at radius 2 is 1.75 bits per heavy atom. The zero-order valence-corrected chi connectivity index (χ0v) is 12.1. The molecule has 1 heterocycles. The smallest absolute Gasteiger partial charge is 0.233 e. The fourth-order valence-electron chi connectivity index (χ4n) is 2.27. The molecular formula is C15H12Cl2N2O. The molecule has 0 aliphatic carbocycles. The third-order valence-electron chi connectivity index (χ3n) is 3.20. The van der Waals surface area contributed by atoms with E-state index in [0.29, 0.717) is 23.0 Å². The summed E-state index contributed by atoms with van der Waals surface area (Å²) in [6, 6.07) is 13.0. The highest BCUT2D eigenvalue weighted by Gasteiger charge is 2.24. The van der Waals surface area contributed by atoms with E-state index in [0.717, 1.165) is 17.1 Å². The standard InChI is InChI=1S/C15H12Cl2N2O/c16-11-8-13-14(9-12(11)17)19(15(20)6-7-18-13)10-4-2-1-3-5-10/h1-5,8-9,18H,6-7H2. The van der Waals surface area contributed by atoms with Gasteiger partial charge in [-0.05, 0) is 24.3 Å². The van der Waals surface area contributed by atoms with E-state index in [2.05, 4.69) is 5.32 Å². The number of amides is 1. The maximum absolute atomic E-state index is 12.4. The second-order valence-corrected chi connectivity index (χ2v) is 5.34. The molecule has 3 nitrogen and oxygen atoms in total. The Balaban J connectivity index is 2.18. The van der Waals surface area contributed by atoms with Crippen LogP contribution in [0.1, 0.15) is 6.42 Å². The van der Waals surface area contributed by atoms with E-state index in [-0.39, 0.29) is 5.91 Å². The van der Waals surface area contributed by atoms with Crippen LogP contribution in [-0.2, 0) is 4.79 Å². The lowest BCUT2D eigenvalue weighted by Gasteiger charge is -2.23. The number of nitrogens with one attached hydrogen (secondary N) is 1. The van der Waals surface area contributed by atoms with Gasteiger partial charge in [0.2, 0.25) is 5.91 Å². The predicted molar refractivity (Wildman–Crippen MR) is 83.2 cm³/mol. The average molecular weight is 307 g/mol. The Morgan fingerprint density at radius 1 is 1.05 bits per heavy atom. The van der Waals surface area contributed by atoms with Gasteiger partial charge in [0, 0.05) is 18.7 Å². The first kappa shape index (κ1) is 13.3. The molecule has 0 unspecified atom stereocenters. The summed E-state index contributed by atoms with van der Waals surface area (Å²) in [7, 11) is 0. The maximum atomic E-state index is 12.4. The van der Waals surface area contributed by atoms with Crippen LogP contribution in [0.3, 0.4) is 0 Å². The van der Waals surface area contributed by atoms with Crippen molar-refractivity contribution >= 4 is 46.2 Å². The molecule has 2 aromatic rings. The number of anilines is 3. The van der Waals surface area contributed by atoms with Crippen LogP contribution in [0.5, 0.6) is 0 Å². The first-order valence-electron chi connectivity index (χ1n) is 6.28. The third kappa shape index (κ3) is 2.35. The average Bonchev–Trinajstić information content (AvgIpc) is 2.59. The van der Waals surface area contributed by atoms with Crippen molar-refractivity contribution in [3.05, 3.63) is 52.5 Å². The number of hydrogen-bond acceptors (Lipinski definition) is 2. The predicted octanol–water partition coefficient (Wildman–Crippen LogP) is 4.47. The van der Waals surface area contributed by atoms with E-state index in [1.807, 2.05) is 30.3 Å². The lowest BCUT2D eigenvalue weighted by molar-refractivity contribution is -0.117. The van der Waals surface area contributed by atoms with E-state index in [4.69, 9.17) is 23.2 Å². The molecule has 0 saturated heterocycles. The molecule has 5 heteroatoms. The van der Waals surface area contributed by atoms with Crippen LogP contribution in [-0.4, -0.2) is 12.5 Å². The van der Waals surface area contributed by atoms with Crippen molar-refractivity contribution in [2.24, 2.45) is 0 Å². The van der Waals surface area contributed by atoms with Gasteiger partial charge in [-0.15, -0.1) is 0 Å². The minimum Gasteiger partial charge on any atom is -0.383 e. The summed E-state index contributed by atoms with van der Waals surface area (Å²) < 4.78 is 0. The van der Waals surface area contributed by atoms with Crippen molar-refractivity contribution in [3.8, 4) is 0 Å². The Hall–Kier alpha value is -1.71. The van der Waals surface area contributed by atoms with E-state index in [9.17, 15) is 4.79 Å². The molecule has 0 spiro atoms. The van der Waals surface area contributed by atoms with Gasteiger partial charge >= 0.3 is 0 Å². The molecule has 1 aliphatic heterocycles. The maximum Gasteiger partial charge on any atom is 0.233 e. The molecule has 102 valence electrons. The summed E-state index contributed by atoms with van der Waals surface area (Å²) in [6.07, 6.45) is 0.415. The number of carbonyl (C=O) groups is 1. The molecule has 0 bridgehead atoms. The van der Waals surface area contributed by atoms with E-state index in [1.165, 1.54) is 0 Å². The number of carbonyl (C=O) groups excluding carboxylic acids is 1. The SMILES string of the molecule is O=C1CCNc2cc(Cl)c(Cl)cc2N1c1ccccc1. The molecule has 0 radical (unpaired) electrons. The minimum atomic E-state index is 0.0286. The normalized spacial score (nSPS) is 14.5. The summed E-state index contributed by atoms with van der Waals surface area (Å²) in [5, 5.41) is 4.12. The lowest BCUT2D eigenvalue weighted by atomic mass is 10.2. The van der Waals surface area contributed by atoms with E-state index >= 15 is 0 Å². The van der Waals surface area contributed by atoms with Crippen LogP contribution in [0.2, 0.25) is 10.0 Å². The summed E-state index contributed by atoms with van der Waals surface area (Å²) >= 11 is 12.2. The number of fused-ring (bicyclic) bond motifs is 1. The van der Waals surface area contributed by atoms with Gasteiger partial charge in [0.05, 0.1) is 21.4 Å². The summed E-state index contributed by atoms with van der Waals surface area (Å²) in [4.78, 5) is 14.1. The molecule has 1 aliphatic rings. The highest BCUT2D eigenvalue weighted by molar-refractivity contribution is 6.42. The van der Waals surface area contributed by atoms with Crippen LogP contribution in [0.25, 0.3) is 0 Å². The fraction of sp³-hybridized carbons (Fsp3) is 0.133. The number of benzene rings is 2. The Labute approximate surface area is 127 Å². The van der Waals surface area contributed by atoms with Gasteiger partial charge < -0.3 is 5.32 Å². The number of halogens is 2. The Bertz CT molecular complexity index is 658. The number of hydrogen-bond donors (Lipinski definition) is 1. The van der Waals surface area contributed by atoms with Gasteiger partial charge in [-0.25, -0.2) is 0 Å². The summed E-state index contributed by atoms with van der Waals surface area (Å²) in [5.41, 5.74) is 2.36. The number of nitrogens with zero attached hydrogens (tertiary/aromatic N) is 1. The van der Waals surface area contributed by atoms with Gasteiger partial charge in [-0.1, -0.05) is 41.4 Å². The fourth-order valence-corrected chi connectivity index (χ4v) is 2.59. The molecular weight excluding hydrogens is 295 g/mol. The van der Waals surface area contributed by atoms with Crippen molar-refractivity contribution in [3.63, 3.8) is 0 Å². The van der Waals surface area contributed by atoms with E-state index in [1.54, 1.807) is 17.0 Å². The van der Waals surface area contributed by atoms with Crippen molar-refractivity contribution < 1.29 is 4.79 Å². The van der Waals surface area contributed by atoms with Crippen LogP contribution in [0.15, 0.2) is 42.5 Å². The quantitative estimate of drug-likeness (QED) is 0.843. The minimum absolute atomic E-state index is 0.0286. The number of para-hydroxylation sites is 1. The van der Waals surface area contributed by atoms with Crippen molar-refractivity contribution in [2.45, 2.75) is 6.42 Å². The molecule has 0 atom stereocenters. The molecule has 3 rings (SSSR count). The van der Waals surface area contributed by atoms with Crippen molar-refractivity contribution in [1.82, 2.24) is 0 Å². The van der Waals surface area contributed by atoms with Crippen LogP contribution < -0.4 is 10.2 Å². The number of rotatable bonds is 1. The topological polar surface area (TPSA) is 32.3 Å². The van der Waals surface area contributed by atoms with Gasteiger partial charge in [0.25, 0.3) is 0 Å². The molecule has 1 amide bonds. The molecule has 1 N–H and O–H groups in total. The second-order valence-electron chi connectivity index (χ2n) is 4.52. The van der Waals surface area contributed by atoms with Crippen molar-refractivity contribution in [1.29, 1.82) is 0 Å². The van der Waals surface area contributed by atoms with Gasteiger partial charge in [0.1, 0.15) is 0 Å². The highest BCUT2D eigenvalue weighted by Crippen LogP contribution is 2.39. The molecule has 0 fully saturated rings. The first-order valence-corrected chi connectivity index (χ1v) is 7.03. The highest BCUT2D eigenvalue weighted by atomic mass is 35.5. The summed E-state index contributed by atoms with van der Waals surface area (Å²) in [6.45, 7) is 0.577. The Kier molecular flexibility index (Phi) is 3.55. The van der Waals surface area contributed by atoms with Crippen LogP contribution >= 0.6 is 23.2 Å².